The van der Waals surface area contributed by atoms with Crippen molar-refractivity contribution < 1.29 is 4.79 Å². The summed E-state index contributed by atoms with van der Waals surface area (Å²) in [7, 11) is 1.76. The molecule has 0 atom stereocenters. The number of carbonyl (C=O) groups excluding carboxylic acids is 1. The first-order valence-electron chi connectivity index (χ1n) is 5.42. The largest absolute Gasteiger partial charge is 0.345 e. The van der Waals surface area contributed by atoms with E-state index in [0.29, 0.717) is 6.54 Å². The third kappa shape index (κ3) is 2.77. The lowest BCUT2D eigenvalue weighted by Gasteiger charge is -2.15. The molecule has 0 bridgehead atoms. The molecule has 90 valence electrons. The van der Waals surface area contributed by atoms with Crippen LogP contribution in [0.5, 0.6) is 0 Å². The van der Waals surface area contributed by atoms with Crippen LogP contribution in [-0.2, 0) is 11.2 Å². The van der Waals surface area contributed by atoms with Gasteiger partial charge in [-0.3, -0.25) is 4.79 Å². The van der Waals surface area contributed by atoms with Gasteiger partial charge in [-0.15, -0.1) is 11.6 Å². The van der Waals surface area contributed by atoms with E-state index >= 15 is 0 Å². The highest BCUT2D eigenvalue weighted by Crippen LogP contribution is 2.12. The van der Waals surface area contributed by atoms with Gasteiger partial charge in [0, 0.05) is 13.6 Å². The van der Waals surface area contributed by atoms with Crippen LogP contribution in [0.25, 0.3) is 11.0 Å². The van der Waals surface area contributed by atoms with Crippen LogP contribution in [0.15, 0.2) is 24.5 Å². The van der Waals surface area contributed by atoms with Crippen LogP contribution in [0.3, 0.4) is 0 Å². The zero-order valence-corrected chi connectivity index (χ0v) is 10.4. The maximum absolute atomic E-state index is 11.3. The van der Waals surface area contributed by atoms with Gasteiger partial charge in [0.05, 0.1) is 17.4 Å². The van der Waals surface area contributed by atoms with E-state index < -0.39 is 0 Å². The van der Waals surface area contributed by atoms with Crippen molar-refractivity contribution in [2.45, 2.75) is 6.42 Å². The van der Waals surface area contributed by atoms with Crippen LogP contribution >= 0.6 is 11.6 Å². The minimum Gasteiger partial charge on any atom is -0.345 e. The van der Waals surface area contributed by atoms with Gasteiger partial charge in [0.25, 0.3) is 0 Å². The number of halogens is 1. The molecule has 1 amide bonds. The molecular formula is C12H14ClN3O. The second-order valence-electron chi connectivity index (χ2n) is 3.95. The molecule has 0 aliphatic heterocycles. The van der Waals surface area contributed by atoms with Crippen LogP contribution < -0.4 is 0 Å². The maximum atomic E-state index is 11.3. The number of aromatic amines is 1. The van der Waals surface area contributed by atoms with E-state index in [1.54, 1.807) is 18.3 Å². The molecule has 0 aliphatic carbocycles. The molecule has 17 heavy (non-hydrogen) atoms. The number of hydrogen-bond donors (Lipinski definition) is 1. The van der Waals surface area contributed by atoms with Gasteiger partial charge in [0.15, 0.2) is 0 Å². The predicted octanol–water partition coefficient (Wildman–Crippen LogP) is 1.80. The van der Waals surface area contributed by atoms with Gasteiger partial charge in [-0.25, -0.2) is 4.98 Å². The molecule has 0 radical (unpaired) electrons. The smallest absolute Gasteiger partial charge is 0.237 e. The van der Waals surface area contributed by atoms with Crippen molar-refractivity contribution in [1.82, 2.24) is 14.9 Å². The Morgan fingerprint density at radius 3 is 3.12 bits per heavy atom. The SMILES string of the molecule is CN(CCc1ccc2nc[nH]c2c1)C(=O)CCl. The molecule has 1 aromatic carbocycles. The highest BCUT2D eigenvalue weighted by Gasteiger charge is 2.06. The molecule has 1 heterocycles. The van der Waals surface area contributed by atoms with Gasteiger partial charge in [-0.05, 0) is 24.1 Å². The number of benzene rings is 1. The second kappa shape index (κ2) is 5.19. The molecule has 0 unspecified atom stereocenters. The maximum Gasteiger partial charge on any atom is 0.237 e. The molecule has 1 aromatic heterocycles. The van der Waals surface area contributed by atoms with Crippen molar-refractivity contribution in [1.29, 1.82) is 0 Å². The van der Waals surface area contributed by atoms with Crippen LogP contribution in [0, 0.1) is 0 Å². The number of amides is 1. The first kappa shape index (κ1) is 11.9. The number of hydrogen-bond acceptors (Lipinski definition) is 2. The molecule has 0 saturated heterocycles. The number of nitrogens with one attached hydrogen (secondary N) is 1. The minimum absolute atomic E-state index is 0.0378. The summed E-state index contributed by atoms with van der Waals surface area (Å²) in [5.74, 6) is -0.00918. The minimum atomic E-state index is -0.0470. The van der Waals surface area contributed by atoms with Gasteiger partial charge in [0.1, 0.15) is 5.88 Å². The van der Waals surface area contributed by atoms with Crippen molar-refractivity contribution >= 4 is 28.5 Å². The zero-order valence-electron chi connectivity index (χ0n) is 9.61. The molecule has 4 nitrogen and oxygen atoms in total. The summed E-state index contributed by atoms with van der Waals surface area (Å²) in [6, 6.07) is 6.06. The summed E-state index contributed by atoms with van der Waals surface area (Å²) in [5.41, 5.74) is 3.16. The van der Waals surface area contributed by atoms with Crippen molar-refractivity contribution in [3.63, 3.8) is 0 Å². The summed E-state index contributed by atoms with van der Waals surface area (Å²) in [6.45, 7) is 0.672. The number of nitrogens with zero attached hydrogens (tertiary/aromatic N) is 2. The molecule has 1 N–H and O–H groups in total. The highest BCUT2D eigenvalue weighted by atomic mass is 35.5. The van der Waals surface area contributed by atoms with Gasteiger partial charge < -0.3 is 9.88 Å². The van der Waals surface area contributed by atoms with Gasteiger partial charge >= 0.3 is 0 Å². The van der Waals surface area contributed by atoms with Crippen LogP contribution in [0.1, 0.15) is 5.56 Å². The predicted molar refractivity (Wildman–Crippen MR) is 68.2 cm³/mol. The Labute approximate surface area is 105 Å². The van der Waals surface area contributed by atoms with Crippen LogP contribution in [0.4, 0.5) is 0 Å². The van der Waals surface area contributed by atoms with E-state index in [9.17, 15) is 4.79 Å². The van der Waals surface area contributed by atoms with E-state index in [-0.39, 0.29) is 11.8 Å². The number of rotatable bonds is 4. The molecule has 2 rings (SSSR count). The number of H-pyrrole nitrogens is 1. The van der Waals surface area contributed by atoms with Crippen molar-refractivity contribution in [2.75, 3.05) is 19.5 Å². The first-order chi connectivity index (χ1) is 8.20. The number of carbonyl (C=O) groups is 1. The topological polar surface area (TPSA) is 49.0 Å². The van der Waals surface area contributed by atoms with E-state index in [4.69, 9.17) is 11.6 Å². The van der Waals surface area contributed by atoms with Crippen LogP contribution in [-0.4, -0.2) is 40.2 Å². The number of fused-ring (bicyclic) bond motifs is 1. The monoisotopic (exact) mass is 251 g/mol. The third-order valence-corrected chi connectivity index (χ3v) is 2.99. The number of imidazole rings is 1. The fourth-order valence-electron chi connectivity index (χ4n) is 1.66. The highest BCUT2D eigenvalue weighted by molar-refractivity contribution is 6.27. The fraction of sp³-hybridized carbons (Fsp3) is 0.333. The molecule has 0 saturated carbocycles. The summed E-state index contributed by atoms with van der Waals surface area (Å²) >= 11 is 5.49. The average molecular weight is 252 g/mol. The Morgan fingerprint density at radius 1 is 1.53 bits per heavy atom. The molecular weight excluding hydrogens is 238 g/mol. The van der Waals surface area contributed by atoms with E-state index in [2.05, 4.69) is 16.0 Å². The number of alkyl halides is 1. The van der Waals surface area contributed by atoms with Crippen molar-refractivity contribution in [3.05, 3.63) is 30.1 Å². The van der Waals surface area contributed by atoms with Crippen LogP contribution in [0.2, 0.25) is 0 Å². The van der Waals surface area contributed by atoms with E-state index in [1.165, 1.54) is 5.56 Å². The summed E-state index contributed by atoms with van der Waals surface area (Å²) in [5, 5.41) is 0. The third-order valence-electron chi connectivity index (χ3n) is 2.76. The molecule has 0 fully saturated rings. The average Bonchev–Trinajstić information content (AvgIpc) is 2.82. The normalized spacial score (nSPS) is 10.7. The van der Waals surface area contributed by atoms with E-state index in [0.717, 1.165) is 17.5 Å². The Kier molecular flexibility index (Phi) is 3.64. The lowest BCUT2D eigenvalue weighted by Crippen LogP contribution is -2.29. The Morgan fingerprint density at radius 2 is 2.35 bits per heavy atom. The second-order valence-corrected chi connectivity index (χ2v) is 4.22. The lowest BCUT2D eigenvalue weighted by molar-refractivity contribution is -0.127. The quantitative estimate of drug-likeness (QED) is 0.843. The fourth-order valence-corrected chi connectivity index (χ4v) is 1.87. The zero-order chi connectivity index (χ0) is 12.3. The molecule has 5 heteroatoms. The van der Waals surface area contributed by atoms with Gasteiger partial charge in [-0.2, -0.15) is 0 Å². The molecule has 0 spiro atoms. The lowest BCUT2D eigenvalue weighted by atomic mass is 10.1. The molecule has 0 aliphatic rings. The van der Waals surface area contributed by atoms with Gasteiger partial charge in [0.2, 0.25) is 5.91 Å². The Hall–Kier alpha value is -1.55. The molecule has 2 aromatic rings. The summed E-state index contributed by atoms with van der Waals surface area (Å²) < 4.78 is 0. The Balaban J connectivity index is 2.01. The first-order valence-corrected chi connectivity index (χ1v) is 5.96. The van der Waals surface area contributed by atoms with Gasteiger partial charge in [-0.1, -0.05) is 6.07 Å². The van der Waals surface area contributed by atoms with Crippen molar-refractivity contribution in [2.24, 2.45) is 0 Å². The summed E-state index contributed by atoms with van der Waals surface area (Å²) in [4.78, 5) is 20.2. The number of likely N-dealkylation sites (N-methyl/N-ethyl adjacent to an activating group) is 1. The number of aromatic nitrogens is 2. The summed E-state index contributed by atoms with van der Waals surface area (Å²) in [6.07, 6.45) is 2.49. The standard InChI is InChI=1S/C12H14ClN3O/c1-16(12(17)7-13)5-4-9-2-3-10-11(6-9)15-8-14-10/h2-3,6,8H,4-5,7H2,1H3,(H,14,15). The van der Waals surface area contributed by atoms with E-state index in [1.807, 2.05) is 12.1 Å². The van der Waals surface area contributed by atoms with Crippen molar-refractivity contribution in [3.8, 4) is 0 Å². The Bertz CT molecular complexity index is 523.